The van der Waals surface area contributed by atoms with Crippen molar-refractivity contribution in [3.63, 3.8) is 0 Å². The molecule has 0 saturated heterocycles. The molecule has 0 unspecified atom stereocenters. The second-order valence-electron chi connectivity index (χ2n) is 1.92. The maximum atomic E-state index is 2.97. The van der Waals surface area contributed by atoms with Gasteiger partial charge >= 0.3 is 26.8 Å². The molecular weight excluding hydrogens is 220 g/mol. The summed E-state index contributed by atoms with van der Waals surface area (Å²) in [6, 6.07) is 20.0. The van der Waals surface area contributed by atoms with Crippen LogP contribution in [0.2, 0.25) is 0 Å². The molecule has 0 fully saturated rings. The van der Waals surface area contributed by atoms with Gasteiger partial charge in [-0.3, -0.25) is 0 Å². The Labute approximate surface area is 102 Å². The Morgan fingerprint density at radius 1 is 0.643 bits per heavy atom. The number of rotatable bonds is 0. The molecule has 0 heterocycles. The van der Waals surface area contributed by atoms with Crippen LogP contribution in [0.3, 0.4) is 0 Å². The van der Waals surface area contributed by atoms with Crippen LogP contribution in [0.1, 0.15) is 0 Å². The molecule has 2 heteroatoms. The van der Waals surface area contributed by atoms with Gasteiger partial charge in [0.05, 0.1) is 0 Å². The van der Waals surface area contributed by atoms with Gasteiger partial charge in [0.2, 0.25) is 0 Å². The van der Waals surface area contributed by atoms with Crippen molar-refractivity contribution in [3.05, 3.63) is 75.5 Å². The Bertz CT molecular complexity index is 162. The predicted octanol–water partition coefficient (Wildman–Crippen LogP) is 3.33. The Morgan fingerprint density at radius 3 is 0.929 bits per heavy atom. The average molecular weight is 236 g/mol. The molecule has 2 rings (SSSR count). The molecule has 0 spiro atoms. The maximum absolute atomic E-state index is 2.97. The standard InChI is InChI=1S/2C5H5.2CH3.Si.Ti/c2*1-2-4-5-3-1;;;;/h2*1-5H;2*1H3;;/q4*-1;;. The minimum atomic E-state index is 0. The third-order valence-electron chi connectivity index (χ3n) is 1.11. The molecule has 0 atom stereocenters. The third kappa shape index (κ3) is 14.2. The summed E-state index contributed by atoms with van der Waals surface area (Å²) in [7, 11) is 2.97. The van der Waals surface area contributed by atoms with Crippen LogP contribution in [0.5, 0.6) is 0 Å². The van der Waals surface area contributed by atoms with Gasteiger partial charge in [-0.2, -0.15) is 36.4 Å². The molecule has 76 valence electrons. The first-order chi connectivity index (χ1) is 6.00. The second-order valence-corrected chi connectivity index (χ2v) is 1.92. The zero-order valence-electron chi connectivity index (χ0n) is 8.77. The van der Waals surface area contributed by atoms with Gasteiger partial charge in [0.1, 0.15) is 0 Å². The Hall–Kier alpha value is -0.369. The molecule has 0 aliphatic heterocycles. The van der Waals surface area contributed by atoms with E-state index in [4.69, 9.17) is 0 Å². The second kappa shape index (κ2) is 18.4. The number of hydrogen-bond acceptors (Lipinski definition) is 0. The molecule has 0 aliphatic rings. The Kier molecular flexibility index (Phi) is 25.3. The largest absolute Gasteiger partial charge is 0.214 e. The fraction of sp³-hybridized carbons (Fsp3) is 0. The molecule has 0 saturated carbocycles. The van der Waals surface area contributed by atoms with E-state index in [2.05, 4.69) is 7.63 Å². The van der Waals surface area contributed by atoms with Crippen LogP contribution in [-0.2, 0) is 19.2 Å². The van der Waals surface area contributed by atoms with Crippen molar-refractivity contribution in [2.75, 3.05) is 0 Å². The molecular formula is C12H16SiTi-4. The van der Waals surface area contributed by atoms with Gasteiger partial charge in [0.25, 0.3) is 0 Å². The van der Waals surface area contributed by atoms with E-state index in [-0.39, 0.29) is 14.9 Å². The summed E-state index contributed by atoms with van der Waals surface area (Å²) in [5, 5.41) is 0. The van der Waals surface area contributed by atoms with Crippen LogP contribution in [0.15, 0.2) is 60.7 Å². The Morgan fingerprint density at radius 2 is 0.857 bits per heavy atom. The van der Waals surface area contributed by atoms with Gasteiger partial charge in [-0.25, -0.2) is 24.3 Å². The van der Waals surface area contributed by atoms with E-state index in [1.807, 2.05) is 60.7 Å². The number of hydrogen-bond donors (Lipinski definition) is 0. The van der Waals surface area contributed by atoms with Crippen LogP contribution < -0.4 is 0 Å². The molecule has 0 amide bonds. The molecule has 2 aromatic rings. The van der Waals surface area contributed by atoms with Gasteiger partial charge in [-0.05, 0) is 0 Å². The summed E-state index contributed by atoms with van der Waals surface area (Å²) in [4.78, 5) is 0. The van der Waals surface area contributed by atoms with E-state index in [1.54, 1.807) is 19.2 Å². The van der Waals surface area contributed by atoms with Gasteiger partial charge in [0.15, 0.2) is 0 Å². The van der Waals surface area contributed by atoms with Gasteiger partial charge in [-0.1, -0.05) is 0 Å². The van der Waals surface area contributed by atoms with Crippen LogP contribution in [0, 0.1) is 14.9 Å². The monoisotopic (exact) mass is 236 g/mol. The van der Waals surface area contributed by atoms with Crippen LogP contribution in [0.25, 0.3) is 0 Å². The van der Waals surface area contributed by atoms with Crippen LogP contribution in [0.4, 0.5) is 0 Å². The normalized spacial score (nSPS) is 5.93. The fourth-order valence-corrected chi connectivity index (χ4v) is 0.642. The van der Waals surface area contributed by atoms with E-state index in [1.165, 1.54) is 0 Å². The van der Waals surface area contributed by atoms with Crippen molar-refractivity contribution >= 4 is 7.63 Å². The van der Waals surface area contributed by atoms with Crippen molar-refractivity contribution < 1.29 is 19.2 Å². The predicted molar refractivity (Wildman–Crippen MR) is 62.7 cm³/mol. The zero-order chi connectivity index (χ0) is 9.07. The molecule has 2 radical (unpaired) electrons. The quantitative estimate of drug-likeness (QED) is 0.486. The maximum Gasteiger partial charge on any atom is -0.172 e. The summed E-state index contributed by atoms with van der Waals surface area (Å²) in [5.41, 5.74) is 0. The van der Waals surface area contributed by atoms with E-state index in [0.29, 0.717) is 0 Å². The van der Waals surface area contributed by atoms with Crippen molar-refractivity contribution in [1.82, 2.24) is 0 Å². The summed E-state index contributed by atoms with van der Waals surface area (Å²) in [6.07, 6.45) is 0. The molecule has 0 aromatic heterocycles. The molecule has 0 bridgehead atoms. The summed E-state index contributed by atoms with van der Waals surface area (Å²) < 4.78 is 0. The van der Waals surface area contributed by atoms with Gasteiger partial charge < -0.3 is 14.9 Å². The first-order valence-corrected chi connectivity index (χ1v) is 6.43. The summed E-state index contributed by atoms with van der Waals surface area (Å²) in [5.74, 6) is 0. The van der Waals surface area contributed by atoms with E-state index >= 15 is 0 Å². The minimum Gasteiger partial charge on any atom is -0.214 e. The molecule has 14 heavy (non-hydrogen) atoms. The van der Waals surface area contributed by atoms with E-state index in [0.717, 1.165) is 0 Å². The molecule has 0 N–H and O–H groups in total. The van der Waals surface area contributed by atoms with E-state index < -0.39 is 0 Å². The fourth-order valence-electron chi connectivity index (χ4n) is 0.642. The molecule has 0 aliphatic carbocycles. The minimum absolute atomic E-state index is 0. The summed E-state index contributed by atoms with van der Waals surface area (Å²) in [6.45, 7) is 0. The third-order valence-corrected chi connectivity index (χ3v) is 1.11. The van der Waals surface area contributed by atoms with Crippen LogP contribution in [-0.4, -0.2) is 7.63 Å². The van der Waals surface area contributed by atoms with Crippen LogP contribution >= 0.6 is 0 Å². The molecule has 2 aromatic carbocycles. The Balaban J connectivity index is -0.000000131. The topological polar surface area (TPSA) is 0 Å². The SMILES string of the molecule is [CH3-].[CH3-].[Si]=[Ti].c1cc[cH-]c1.c1cc[cH-]c1. The summed E-state index contributed by atoms with van der Waals surface area (Å²) >= 11 is 1.81. The first-order valence-electron chi connectivity index (χ1n) is 3.58. The van der Waals surface area contributed by atoms with Crippen molar-refractivity contribution in [3.8, 4) is 0 Å². The smallest absolute Gasteiger partial charge is 0.172 e. The first kappa shape index (κ1) is 19.2. The average Bonchev–Trinajstić information content (AvgIpc) is 2.87. The molecule has 0 nitrogen and oxygen atoms in total. The zero-order valence-corrected chi connectivity index (χ0v) is 11.3. The van der Waals surface area contributed by atoms with Crippen molar-refractivity contribution in [2.24, 2.45) is 0 Å². The van der Waals surface area contributed by atoms with Gasteiger partial charge in [0, 0.05) is 0 Å². The van der Waals surface area contributed by atoms with Gasteiger partial charge in [-0.15, -0.1) is 0 Å². The van der Waals surface area contributed by atoms with Crippen molar-refractivity contribution in [2.45, 2.75) is 0 Å². The van der Waals surface area contributed by atoms with Crippen molar-refractivity contribution in [1.29, 1.82) is 0 Å². The van der Waals surface area contributed by atoms with E-state index in [9.17, 15) is 0 Å².